The highest BCUT2D eigenvalue weighted by Gasteiger charge is 2.23. The van der Waals surface area contributed by atoms with Gasteiger partial charge in [-0.3, -0.25) is 14.9 Å². The van der Waals surface area contributed by atoms with Crippen LogP contribution in [0.25, 0.3) is 23.2 Å². The van der Waals surface area contributed by atoms with Gasteiger partial charge >= 0.3 is 6.09 Å². The van der Waals surface area contributed by atoms with E-state index in [0.29, 0.717) is 52.5 Å². The molecule has 2 bridgehead atoms. The molecule has 2 aromatic carbocycles. The number of anilines is 2. The van der Waals surface area contributed by atoms with Crippen LogP contribution in [0, 0.1) is 0 Å². The molecule has 0 saturated heterocycles. The molecule has 0 radical (unpaired) electrons. The SMILES string of the molecule is COC(=O)Nc1ccc2c(c1)NC(=O)CCCCCC[C@H](NC(=O)/C=C/c1cc(Cl)ccc1-n1cnnn1)c1nnc-2o1. The zero-order chi connectivity index (χ0) is 30.2. The van der Waals surface area contributed by atoms with Crippen molar-refractivity contribution in [3.63, 3.8) is 0 Å². The molecule has 0 saturated carbocycles. The topological polar surface area (TPSA) is 179 Å². The number of aromatic nitrogens is 6. The van der Waals surface area contributed by atoms with Crippen molar-refractivity contribution in [1.29, 1.82) is 0 Å². The molecule has 3 N–H and O–H groups in total. The van der Waals surface area contributed by atoms with Crippen LogP contribution < -0.4 is 16.0 Å². The van der Waals surface area contributed by atoms with Gasteiger partial charge < -0.3 is 19.8 Å². The fraction of sp³-hybridized carbons (Fsp3) is 0.286. The summed E-state index contributed by atoms with van der Waals surface area (Å²) in [5, 5.41) is 28.6. The maximum atomic E-state index is 13.1. The smallest absolute Gasteiger partial charge is 0.411 e. The first kappa shape index (κ1) is 29.4. The molecule has 1 aliphatic heterocycles. The van der Waals surface area contributed by atoms with E-state index in [2.05, 4.69) is 46.4 Å². The molecule has 43 heavy (non-hydrogen) atoms. The summed E-state index contributed by atoms with van der Waals surface area (Å²) in [5.74, 6) is -0.181. The van der Waals surface area contributed by atoms with E-state index in [-0.39, 0.29) is 23.6 Å². The van der Waals surface area contributed by atoms with E-state index in [0.717, 1.165) is 19.3 Å². The van der Waals surface area contributed by atoms with E-state index >= 15 is 0 Å². The third kappa shape index (κ3) is 7.60. The number of amides is 3. The van der Waals surface area contributed by atoms with Crippen molar-refractivity contribution in [3.05, 3.63) is 65.3 Å². The van der Waals surface area contributed by atoms with Gasteiger partial charge in [0.2, 0.25) is 23.6 Å². The average molecular weight is 606 g/mol. The van der Waals surface area contributed by atoms with Gasteiger partial charge in [-0.2, -0.15) is 4.68 Å². The van der Waals surface area contributed by atoms with Gasteiger partial charge in [-0.25, -0.2) is 4.79 Å². The number of fused-ring (bicyclic) bond motifs is 4. The molecule has 14 nitrogen and oxygen atoms in total. The number of carbonyl (C=O) groups excluding carboxylic acids is 3. The normalized spacial score (nSPS) is 15.7. The van der Waals surface area contributed by atoms with Crippen molar-refractivity contribution in [2.45, 2.75) is 44.6 Å². The molecule has 0 unspecified atom stereocenters. The summed E-state index contributed by atoms with van der Waals surface area (Å²) < 4.78 is 12.2. The number of nitrogens with one attached hydrogen (secondary N) is 3. The minimum atomic E-state index is -0.651. The Balaban J connectivity index is 1.40. The second kappa shape index (κ2) is 13.7. The van der Waals surface area contributed by atoms with Gasteiger partial charge in [-0.05, 0) is 65.7 Å². The highest BCUT2D eigenvalue weighted by molar-refractivity contribution is 6.30. The van der Waals surface area contributed by atoms with Gasteiger partial charge in [0, 0.05) is 28.8 Å². The monoisotopic (exact) mass is 605 g/mol. The van der Waals surface area contributed by atoms with E-state index in [9.17, 15) is 14.4 Å². The zero-order valence-corrected chi connectivity index (χ0v) is 23.9. The second-order valence-electron chi connectivity index (χ2n) is 9.68. The zero-order valence-electron chi connectivity index (χ0n) is 23.1. The van der Waals surface area contributed by atoms with E-state index in [1.165, 1.54) is 24.2 Å². The fourth-order valence-corrected chi connectivity index (χ4v) is 4.73. The Morgan fingerprint density at radius 2 is 2.00 bits per heavy atom. The molecule has 0 spiro atoms. The number of halogens is 1. The van der Waals surface area contributed by atoms with Crippen LogP contribution in [0.1, 0.15) is 56.0 Å². The number of benzene rings is 2. The Labute approximate surface area is 250 Å². The molecule has 0 fully saturated rings. The van der Waals surface area contributed by atoms with Gasteiger partial charge in [0.1, 0.15) is 12.4 Å². The third-order valence-electron chi connectivity index (χ3n) is 6.66. The lowest BCUT2D eigenvalue weighted by atomic mass is 10.1. The van der Waals surface area contributed by atoms with Gasteiger partial charge in [-0.1, -0.05) is 30.9 Å². The molecule has 15 heteroatoms. The summed E-state index contributed by atoms with van der Waals surface area (Å²) in [7, 11) is 1.26. The first-order chi connectivity index (χ1) is 20.9. The Hall–Kier alpha value is -5.11. The first-order valence-electron chi connectivity index (χ1n) is 13.5. The number of carbonyl (C=O) groups is 3. The molecular formula is C28H28ClN9O5. The van der Waals surface area contributed by atoms with E-state index in [1.807, 2.05) is 0 Å². The van der Waals surface area contributed by atoms with Crippen molar-refractivity contribution in [2.75, 3.05) is 17.7 Å². The van der Waals surface area contributed by atoms with E-state index in [1.54, 1.807) is 42.5 Å². The summed E-state index contributed by atoms with van der Waals surface area (Å²) in [4.78, 5) is 37.4. The fourth-order valence-electron chi connectivity index (χ4n) is 4.55. The molecule has 0 aliphatic carbocycles. The number of hydrogen-bond acceptors (Lipinski definition) is 10. The summed E-state index contributed by atoms with van der Waals surface area (Å²) in [5.41, 5.74) is 2.54. The number of ether oxygens (including phenoxy) is 1. The molecule has 3 heterocycles. The number of hydrogen-bond donors (Lipinski definition) is 3. The number of tetrazole rings is 1. The number of rotatable bonds is 5. The Morgan fingerprint density at radius 1 is 1.14 bits per heavy atom. The van der Waals surface area contributed by atoms with Crippen molar-refractivity contribution >= 4 is 47.0 Å². The summed E-state index contributed by atoms with van der Waals surface area (Å²) >= 11 is 6.19. The van der Waals surface area contributed by atoms with Crippen LogP contribution in [-0.2, 0) is 14.3 Å². The molecular weight excluding hydrogens is 578 g/mol. The van der Waals surface area contributed by atoms with Crippen molar-refractivity contribution in [3.8, 4) is 17.1 Å². The van der Waals surface area contributed by atoms with Crippen LogP contribution in [0.3, 0.4) is 0 Å². The van der Waals surface area contributed by atoms with Crippen LogP contribution in [0.4, 0.5) is 16.2 Å². The first-order valence-corrected chi connectivity index (χ1v) is 13.9. The standard InChI is InChI=1S/C28H28ClN9O5/c1-42-28(41)31-19-10-11-20-22(15-19)33-24(39)7-5-3-2-4-6-21(27-35-34-26(20)43-27)32-25(40)13-8-17-14-18(29)9-12-23(17)38-16-30-36-37-38/h8-16,21H,2-7H2,1H3,(H,31,41)(H,32,40)(H,33,39)/b13-8+/t21-/m0/s1. The molecule has 1 aliphatic rings. The molecule has 222 valence electrons. The summed E-state index contributed by atoms with van der Waals surface area (Å²) in [6, 6.07) is 9.46. The van der Waals surface area contributed by atoms with Crippen LogP contribution in [-0.4, -0.2) is 55.4 Å². The van der Waals surface area contributed by atoms with Crippen LogP contribution in [0.15, 0.2) is 53.2 Å². The molecule has 2 aromatic heterocycles. The Kier molecular flexibility index (Phi) is 9.36. The molecule has 4 aromatic rings. The molecule has 3 amide bonds. The molecule has 5 rings (SSSR count). The van der Waals surface area contributed by atoms with Crippen molar-refractivity contribution in [1.82, 2.24) is 35.7 Å². The summed E-state index contributed by atoms with van der Waals surface area (Å²) in [6.45, 7) is 0. The minimum absolute atomic E-state index is 0.145. The predicted octanol–water partition coefficient (Wildman–Crippen LogP) is 4.71. The number of nitrogens with zero attached hydrogens (tertiary/aromatic N) is 6. The van der Waals surface area contributed by atoms with Gasteiger partial charge in [-0.15, -0.1) is 15.3 Å². The van der Waals surface area contributed by atoms with Crippen molar-refractivity contribution < 1.29 is 23.5 Å². The lowest BCUT2D eigenvalue weighted by molar-refractivity contribution is -0.117. The lowest BCUT2D eigenvalue weighted by Crippen LogP contribution is -2.27. The van der Waals surface area contributed by atoms with Crippen molar-refractivity contribution in [2.24, 2.45) is 0 Å². The predicted molar refractivity (Wildman–Crippen MR) is 156 cm³/mol. The highest BCUT2D eigenvalue weighted by Crippen LogP contribution is 2.32. The maximum Gasteiger partial charge on any atom is 0.411 e. The quantitative estimate of drug-likeness (QED) is 0.270. The van der Waals surface area contributed by atoms with Crippen LogP contribution in [0.2, 0.25) is 5.02 Å². The van der Waals surface area contributed by atoms with E-state index < -0.39 is 12.1 Å². The average Bonchev–Trinajstić information content (AvgIpc) is 3.70. The Bertz CT molecular complexity index is 1640. The minimum Gasteiger partial charge on any atom is -0.453 e. The van der Waals surface area contributed by atoms with Gasteiger partial charge in [0.25, 0.3) is 0 Å². The van der Waals surface area contributed by atoms with Crippen LogP contribution in [0.5, 0.6) is 0 Å². The van der Waals surface area contributed by atoms with E-state index in [4.69, 9.17) is 16.0 Å². The largest absolute Gasteiger partial charge is 0.453 e. The second-order valence-corrected chi connectivity index (χ2v) is 10.1. The Morgan fingerprint density at radius 3 is 2.81 bits per heavy atom. The third-order valence-corrected chi connectivity index (χ3v) is 6.89. The van der Waals surface area contributed by atoms with Gasteiger partial charge in [0.15, 0.2) is 0 Å². The maximum absolute atomic E-state index is 13.1. The lowest BCUT2D eigenvalue weighted by Gasteiger charge is -2.15. The van der Waals surface area contributed by atoms with Crippen LogP contribution >= 0.6 is 11.6 Å². The highest BCUT2D eigenvalue weighted by atomic mass is 35.5. The van der Waals surface area contributed by atoms with Gasteiger partial charge in [0.05, 0.1) is 24.0 Å². The molecule has 1 atom stereocenters. The number of methoxy groups -OCH3 is 1. The summed E-state index contributed by atoms with van der Waals surface area (Å²) in [6.07, 6.45) is 7.83.